The van der Waals surface area contributed by atoms with Crippen LogP contribution in [0.25, 0.3) is 9.81 Å². The average Bonchev–Trinajstić information content (AvgIpc) is 4.26. The molecule has 0 saturated heterocycles. The minimum absolute atomic E-state index is 0.131. The van der Waals surface area contributed by atoms with E-state index in [1.165, 1.54) is 24.3 Å². The van der Waals surface area contributed by atoms with Gasteiger partial charge in [-0.3, -0.25) is 9.11 Å². The molecule has 83 heavy (non-hydrogen) atoms. The maximum Gasteiger partial charge on any atom is 0.294 e. The molecule has 4 atom stereocenters. The Hall–Kier alpha value is -5.42. The van der Waals surface area contributed by atoms with E-state index in [1.807, 2.05) is 27.7 Å². The number of hydrogen-bond donors (Lipinski definition) is 2. The Bertz CT molecular complexity index is 3770. The molecule has 26 heteroatoms. The molecular formula is C57H58O18S8. The Kier molecular flexibility index (Phi) is 16.6. The number of benzene rings is 2. The number of aryl methyl sites for hydroxylation is 2. The summed E-state index contributed by atoms with van der Waals surface area (Å²) in [5.41, 5.74) is 1.88. The van der Waals surface area contributed by atoms with Crippen molar-refractivity contribution in [2.45, 2.75) is 80.1 Å². The first-order valence-electron chi connectivity index (χ1n) is 27.0. The minimum Gasteiger partial charge on any atom is -0.489 e. The van der Waals surface area contributed by atoms with E-state index in [0.717, 1.165) is 111 Å². The molecule has 0 bridgehead atoms. The molecule has 0 saturated carbocycles. The van der Waals surface area contributed by atoms with Crippen LogP contribution in [0, 0.1) is 22.9 Å². The van der Waals surface area contributed by atoms with E-state index < -0.39 is 20.2 Å². The fourth-order valence-corrected chi connectivity index (χ4v) is 19.5. The zero-order valence-electron chi connectivity index (χ0n) is 45.8. The lowest BCUT2D eigenvalue weighted by atomic mass is 9.87. The molecule has 2 N–H and O–H groups in total. The summed E-state index contributed by atoms with van der Waals surface area (Å²) in [6.45, 7) is 17.8. The van der Waals surface area contributed by atoms with Crippen molar-refractivity contribution >= 4 is 98.9 Å². The molecule has 442 valence electrons. The van der Waals surface area contributed by atoms with Crippen molar-refractivity contribution < 1.29 is 82.8 Å². The highest BCUT2D eigenvalue weighted by Gasteiger charge is 2.45. The second-order valence-electron chi connectivity index (χ2n) is 19.5. The van der Waals surface area contributed by atoms with E-state index in [4.69, 9.17) is 65.9 Å². The van der Waals surface area contributed by atoms with Gasteiger partial charge in [0, 0.05) is 9.75 Å². The van der Waals surface area contributed by atoms with Gasteiger partial charge in [-0.1, -0.05) is 52.0 Å². The van der Waals surface area contributed by atoms with Gasteiger partial charge in [0.05, 0.1) is 47.5 Å². The monoisotopic (exact) mass is 1290 g/mol. The highest BCUT2D eigenvalue weighted by molar-refractivity contribution is 8.09. The van der Waals surface area contributed by atoms with Gasteiger partial charge in [0.2, 0.25) is 0 Å². The summed E-state index contributed by atoms with van der Waals surface area (Å²) < 4.78 is 142. The normalized spacial score (nSPS) is 21.8. The molecule has 4 aromatic heterocycles. The molecule has 0 radical (unpaired) electrons. The molecule has 0 aliphatic carbocycles. The smallest absolute Gasteiger partial charge is 0.294 e. The van der Waals surface area contributed by atoms with Gasteiger partial charge >= 0.3 is 0 Å². The van der Waals surface area contributed by atoms with Crippen molar-refractivity contribution in [1.29, 1.82) is 0 Å². The molecular weight excluding hydrogens is 1230 g/mol. The Labute approximate surface area is 503 Å². The average molecular weight is 1290 g/mol. The predicted molar refractivity (Wildman–Crippen MR) is 318 cm³/mol. The van der Waals surface area contributed by atoms with E-state index in [2.05, 4.69) is 13.8 Å². The number of rotatable bonds is 8. The summed E-state index contributed by atoms with van der Waals surface area (Å²) >= 11 is 9.97. The van der Waals surface area contributed by atoms with E-state index in [-0.39, 0.29) is 32.1 Å². The van der Waals surface area contributed by atoms with Crippen molar-refractivity contribution in [3.63, 3.8) is 0 Å². The van der Waals surface area contributed by atoms with Crippen LogP contribution in [-0.2, 0) is 39.2 Å². The first-order valence-corrected chi connectivity index (χ1v) is 34.9. The Morgan fingerprint density at radius 2 is 0.723 bits per heavy atom. The van der Waals surface area contributed by atoms with Crippen LogP contribution in [0.1, 0.15) is 87.1 Å². The summed E-state index contributed by atoms with van der Waals surface area (Å²) in [5.74, 6) is 9.34. The summed E-state index contributed by atoms with van der Waals surface area (Å²) in [4.78, 5) is 5.91. The fourth-order valence-electron chi connectivity index (χ4n) is 10.5. The largest absolute Gasteiger partial charge is 0.489 e. The summed E-state index contributed by atoms with van der Waals surface area (Å²) in [5, 5.41) is -0.312. The van der Waals surface area contributed by atoms with Gasteiger partial charge in [-0.2, -0.15) is 16.8 Å². The van der Waals surface area contributed by atoms with Crippen LogP contribution in [0.15, 0.2) is 81.4 Å². The highest BCUT2D eigenvalue weighted by atomic mass is 32.2. The molecule has 18 nitrogen and oxygen atoms in total. The number of ether oxygens (including phenoxy) is 12. The van der Waals surface area contributed by atoms with Crippen LogP contribution < -0.4 is 47.0 Å². The Morgan fingerprint density at radius 3 is 1.07 bits per heavy atom. The fraction of sp³-hybridized carbons (Fsp3) is 0.404. The van der Waals surface area contributed by atoms with E-state index >= 15 is 0 Å². The van der Waals surface area contributed by atoms with Gasteiger partial charge in [-0.05, 0) is 67.5 Å². The molecule has 0 amide bonds. The number of thioether (sulfide) groups is 2. The van der Waals surface area contributed by atoms with Gasteiger partial charge in [0.25, 0.3) is 20.2 Å². The van der Waals surface area contributed by atoms with Gasteiger partial charge in [-0.15, -0.1) is 68.9 Å². The van der Waals surface area contributed by atoms with E-state index in [9.17, 15) is 16.8 Å². The molecule has 14 rings (SSSR count). The Morgan fingerprint density at radius 1 is 0.422 bits per heavy atom. The van der Waals surface area contributed by atoms with Crippen LogP contribution in [-0.4, -0.2) is 105 Å². The standard InChI is InChI=1S/C38H32O12S6.C17H20O6S2.C2H6/c1-15-17-19(41-5-3-39-17)29(51-15)31-21-23(45-9-7-43-21)33(53-31)35-25-27(49-13-11-47-25)37(55-35)38-28-26(48-12-14-50-28)36(56-38)34-24-22(44-8-10-46-24)32(54-34)30-20-18(16(2)52-30)40-4-6-42-20;1-12(14-3-7-16(8-4-14)24(18,19)20)11-13(2)15-5-9-17(10-6-15)25(21,22)23;1-2/h31-32H,3-14H2,1-2H3;3-10,12-13H,11H2,1-2H3,(H,18,19,20)(H,21,22,23);1-2H3/b35-33+,36-34+,38-37+;;. The zero-order valence-corrected chi connectivity index (χ0v) is 52.3. The molecule has 2 aromatic carbocycles. The van der Waals surface area contributed by atoms with Gasteiger partial charge < -0.3 is 56.8 Å². The SMILES string of the molecule is CC.CC(CC(C)c1ccc(S(=O)(=O)O)cc1)c1ccc(S(=O)(=O)O)cc1.Cc1sc(C2S/C(=c3/s/c(=c4/s/c(=C5/SC(c6sc(C)c7c6OCCO7)C6=C5OCCO6)c5c4OCCO5)c4c3OCCO4)C3=C2OCCO3)c2c1OCCO2. The molecule has 0 fully saturated rings. The molecule has 4 unspecified atom stereocenters. The predicted octanol–water partition coefficient (Wildman–Crippen LogP) is 11.1. The lowest BCUT2D eigenvalue weighted by Crippen LogP contribution is -2.19. The van der Waals surface area contributed by atoms with Gasteiger partial charge in [0.1, 0.15) is 89.8 Å². The van der Waals surface area contributed by atoms with Gasteiger partial charge in [0.15, 0.2) is 69.0 Å². The molecule has 12 heterocycles. The second-order valence-corrected chi connectivity index (χ2v) is 29.2. The van der Waals surface area contributed by atoms with Crippen molar-refractivity contribution in [3.05, 3.63) is 120 Å². The first-order chi connectivity index (χ1) is 40.1. The quantitative estimate of drug-likeness (QED) is 0.135. The Balaban J connectivity index is 0.000000213. The zero-order chi connectivity index (χ0) is 57.9. The number of hydrogen-bond acceptors (Lipinski definition) is 22. The van der Waals surface area contributed by atoms with Crippen LogP contribution in [0.5, 0.6) is 46.0 Å². The second kappa shape index (κ2) is 23.8. The number of thiophene rings is 4. The lowest BCUT2D eigenvalue weighted by Gasteiger charge is -2.21. The third-order valence-electron chi connectivity index (χ3n) is 14.3. The van der Waals surface area contributed by atoms with Crippen molar-refractivity contribution in [3.8, 4) is 46.0 Å². The van der Waals surface area contributed by atoms with E-state index in [1.54, 1.807) is 93.1 Å². The third-order valence-corrected chi connectivity index (χ3v) is 23.9. The number of fused-ring (bicyclic) bond motifs is 4. The van der Waals surface area contributed by atoms with Gasteiger partial charge in [-0.25, -0.2) is 0 Å². The maximum absolute atomic E-state index is 11.1. The van der Waals surface area contributed by atoms with Crippen molar-refractivity contribution in [2.75, 3.05) is 79.3 Å². The lowest BCUT2D eigenvalue weighted by molar-refractivity contribution is 0.0703. The van der Waals surface area contributed by atoms with Crippen LogP contribution in [0.3, 0.4) is 0 Å². The van der Waals surface area contributed by atoms with E-state index in [0.29, 0.717) is 102 Å². The van der Waals surface area contributed by atoms with Crippen LogP contribution in [0.4, 0.5) is 0 Å². The first kappa shape index (κ1) is 58.0. The maximum atomic E-state index is 11.1. The van der Waals surface area contributed by atoms with Crippen LogP contribution >= 0.6 is 68.9 Å². The van der Waals surface area contributed by atoms with Crippen molar-refractivity contribution in [1.82, 2.24) is 0 Å². The summed E-state index contributed by atoms with van der Waals surface area (Å²) in [6.07, 6.45) is 0.760. The molecule has 8 aliphatic rings. The molecule has 0 spiro atoms. The van der Waals surface area contributed by atoms with Crippen LogP contribution in [0.2, 0.25) is 0 Å². The summed E-state index contributed by atoms with van der Waals surface area (Å²) in [7, 11) is -8.39. The highest BCUT2D eigenvalue weighted by Crippen LogP contribution is 2.62. The summed E-state index contributed by atoms with van der Waals surface area (Å²) in [6, 6.07) is 12.1. The van der Waals surface area contributed by atoms with Crippen molar-refractivity contribution in [2.24, 2.45) is 0 Å². The molecule has 8 aliphatic heterocycles. The minimum atomic E-state index is -4.20. The molecule has 6 aromatic rings. The third kappa shape index (κ3) is 11.0. The topological polar surface area (TPSA) is 219 Å².